The van der Waals surface area contributed by atoms with E-state index in [1.807, 2.05) is 36.3 Å². The topological polar surface area (TPSA) is 71.6 Å². The Labute approximate surface area is 164 Å². The molecule has 0 bridgehead atoms. The lowest BCUT2D eigenvalue weighted by atomic mass is 9.88. The third-order valence-corrected chi connectivity index (χ3v) is 5.98. The fourth-order valence-corrected chi connectivity index (χ4v) is 4.60. The summed E-state index contributed by atoms with van der Waals surface area (Å²) in [5.74, 6) is 0.498. The molecule has 1 aliphatic carbocycles. The molecule has 6 nitrogen and oxygen atoms in total. The summed E-state index contributed by atoms with van der Waals surface area (Å²) >= 11 is 0.912. The molecule has 0 fully saturated rings. The number of rotatable bonds is 3. The first kappa shape index (κ1) is 16.8. The molecule has 0 amide bonds. The third-order valence-electron chi connectivity index (χ3n) is 5.19. The van der Waals surface area contributed by atoms with Gasteiger partial charge in [0.2, 0.25) is 0 Å². The summed E-state index contributed by atoms with van der Waals surface area (Å²) < 4.78 is 3.69. The van der Waals surface area contributed by atoms with Crippen LogP contribution in [0.2, 0.25) is 0 Å². The molecule has 0 saturated carbocycles. The molecule has 3 heterocycles. The molecule has 0 spiro atoms. The van der Waals surface area contributed by atoms with Crippen molar-refractivity contribution in [1.82, 2.24) is 14.8 Å². The predicted molar refractivity (Wildman–Crippen MR) is 107 cm³/mol. The molecular weight excluding hydrogens is 372 g/mol. The van der Waals surface area contributed by atoms with Gasteiger partial charge in [-0.05, 0) is 41.9 Å². The molecule has 1 N–H and O–H groups in total. The summed E-state index contributed by atoms with van der Waals surface area (Å²) in [5, 5.41) is 4.80. The van der Waals surface area contributed by atoms with Crippen molar-refractivity contribution in [2.24, 2.45) is 7.05 Å². The molecule has 4 aromatic rings. The van der Waals surface area contributed by atoms with Gasteiger partial charge in [0, 0.05) is 23.7 Å². The summed E-state index contributed by atoms with van der Waals surface area (Å²) in [6, 6.07) is 12.4. The van der Waals surface area contributed by atoms with Crippen LogP contribution in [-0.4, -0.2) is 21.1 Å². The number of aryl methyl sites for hydroxylation is 2. The molecular formula is C21H17N4O2S+. The Hall–Kier alpha value is -3.32. The second kappa shape index (κ2) is 6.38. The maximum Gasteiger partial charge on any atom is 0.390 e. The Balaban J connectivity index is 1.59. The molecule has 1 aromatic carbocycles. The maximum absolute atomic E-state index is 11.6. The van der Waals surface area contributed by atoms with E-state index in [9.17, 15) is 9.59 Å². The van der Waals surface area contributed by atoms with Gasteiger partial charge in [-0.3, -0.25) is 9.48 Å². The highest BCUT2D eigenvalue weighted by molar-refractivity contribution is 7.11. The number of H-pyrrole nitrogens is 1. The lowest BCUT2D eigenvalue weighted by Crippen LogP contribution is -2.31. The van der Waals surface area contributed by atoms with Gasteiger partial charge in [-0.25, -0.2) is 9.36 Å². The number of aldehydes is 1. The van der Waals surface area contributed by atoms with Gasteiger partial charge in [0.05, 0.1) is 23.8 Å². The Morgan fingerprint density at radius 2 is 1.96 bits per heavy atom. The van der Waals surface area contributed by atoms with Gasteiger partial charge >= 0.3 is 10.7 Å². The van der Waals surface area contributed by atoms with Crippen LogP contribution in [0, 0.1) is 0 Å². The molecule has 0 saturated heterocycles. The Kier molecular flexibility index (Phi) is 3.84. The van der Waals surface area contributed by atoms with Crippen LogP contribution in [0.5, 0.6) is 0 Å². The van der Waals surface area contributed by atoms with E-state index in [2.05, 4.69) is 29.2 Å². The van der Waals surface area contributed by atoms with Crippen LogP contribution >= 0.6 is 11.3 Å². The van der Waals surface area contributed by atoms with Gasteiger partial charge in [-0.1, -0.05) is 24.3 Å². The van der Waals surface area contributed by atoms with E-state index in [-0.39, 0.29) is 4.87 Å². The summed E-state index contributed by atoms with van der Waals surface area (Å²) in [6.45, 7) is 0. The van der Waals surface area contributed by atoms with Gasteiger partial charge in [-0.15, -0.1) is 0 Å². The molecule has 0 atom stereocenters. The third kappa shape index (κ3) is 2.55. The fourth-order valence-electron chi connectivity index (χ4n) is 3.95. The number of hydrogen-bond donors (Lipinski definition) is 1. The Morgan fingerprint density at radius 3 is 2.75 bits per heavy atom. The van der Waals surface area contributed by atoms with Crippen molar-refractivity contribution >= 4 is 17.6 Å². The smallest absolute Gasteiger partial charge is 0.297 e. The zero-order valence-electron chi connectivity index (χ0n) is 15.2. The quantitative estimate of drug-likeness (QED) is 0.433. The highest BCUT2D eigenvalue weighted by atomic mass is 32.1. The van der Waals surface area contributed by atoms with E-state index >= 15 is 0 Å². The molecule has 5 rings (SSSR count). The first-order valence-electron chi connectivity index (χ1n) is 9.00. The molecule has 0 aliphatic heterocycles. The highest BCUT2D eigenvalue weighted by Crippen LogP contribution is 2.37. The first-order valence-corrected chi connectivity index (χ1v) is 9.82. The van der Waals surface area contributed by atoms with Crippen molar-refractivity contribution in [2.45, 2.75) is 12.8 Å². The second-order valence-corrected chi connectivity index (χ2v) is 7.81. The number of aromatic amines is 1. The SMILES string of the molecule is Cn1nc2c(c1-c1cc[n+](-c3[nH]c(=O)sc3C=O)cc1)CCc1ccccc1-2. The number of benzene rings is 1. The van der Waals surface area contributed by atoms with Crippen LogP contribution in [0.1, 0.15) is 20.8 Å². The number of nitrogens with zero attached hydrogens (tertiary/aromatic N) is 3. The Bertz CT molecular complexity index is 1260. The maximum atomic E-state index is 11.6. The zero-order valence-corrected chi connectivity index (χ0v) is 16.0. The van der Waals surface area contributed by atoms with E-state index < -0.39 is 0 Å². The van der Waals surface area contributed by atoms with Crippen molar-refractivity contribution in [1.29, 1.82) is 0 Å². The first-order chi connectivity index (χ1) is 13.7. The molecule has 1 aliphatic rings. The summed E-state index contributed by atoms with van der Waals surface area (Å²) in [6.07, 6.45) is 6.38. The molecule has 0 unspecified atom stereocenters. The van der Waals surface area contributed by atoms with Gasteiger partial charge < -0.3 is 0 Å². The van der Waals surface area contributed by atoms with Crippen molar-refractivity contribution in [2.75, 3.05) is 0 Å². The molecule has 138 valence electrons. The summed E-state index contributed by atoms with van der Waals surface area (Å²) in [4.78, 5) is 25.6. The fraction of sp³-hybridized carbons (Fsp3) is 0.143. The minimum absolute atomic E-state index is 0.243. The zero-order chi connectivity index (χ0) is 19.3. The molecule has 7 heteroatoms. The second-order valence-electron chi connectivity index (χ2n) is 6.80. The number of carbonyl (C=O) groups excluding carboxylic acids is 1. The number of aromatic nitrogens is 4. The minimum atomic E-state index is -0.243. The standard InChI is InChI=1S/C21H16N4O2S/c1-24-19(16-7-6-13-4-2-3-5-15(13)18(16)23-24)14-8-10-25(11-9-14)20-17(12-26)28-21(27)22-20/h2-5,8-12H,6-7H2,1H3/p+1. The minimum Gasteiger partial charge on any atom is -0.297 e. The largest absolute Gasteiger partial charge is 0.390 e. The van der Waals surface area contributed by atoms with Crippen molar-refractivity contribution in [3.8, 4) is 28.3 Å². The normalized spacial score (nSPS) is 12.5. The van der Waals surface area contributed by atoms with Gasteiger partial charge in [0.1, 0.15) is 0 Å². The lowest BCUT2D eigenvalue weighted by Gasteiger charge is -2.15. The van der Waals surface area contributed by atoms with E-state index in [0.717, 1.165) is 41.1 Å². The van der Waals surface area contributed by atoms with Gasteiger partial charge in [0.25, 0.3) is 0 Å². The molecule has 3 aromatic heterocycles. The predicted octanol–water partition coefficient (Wildman–Crippen LogP) is 2.69. The number of fused-ring (bicyclic) bond motifs is 3. The van der Waals surface area contributed by atoms with E-state index in [0.29, 0.717) is 17.0 Å². The lowest BCUT2D eigenvalue weighted by molar-refractivity contribution is -0.599. The average Bonchev–Trinajstić information content (AvgIpc) is 3.27. The van der Waals surface area contributed by atoms with Crippen molar-refractivity contribution in [3.05, 3.63) is 74.5 Å². The number of nitrogens with one attached hydrogen (secondary N) is 1. The van der Waals surface area contributed by atoms with Crippen LogP contribution in [0.15, 0.2) is 53.6 Å². The summed E-state index contributed by atoms with van der Waals surface area (Å²) in [7, 11) is 1.97. The summed E-state index contributed by atoms with van der Waals surface area (Å²) in [5.41, 5.74) is 7.03. The van der Waals surface area contributed by atoms with Crippen LogP contribution in [-0.2, 0) is 19.9 Å². The monoisotopic (exact) mass is 389 g/mol. The average molecular weight is 389 g/mol. The van der Waals surface area contributed by atoms with Gasteiger partial charge in [0.15, 0.2) is 11.2 Å². The van der Waals surface area contributed by atoms with E-state index in [1.54, 1.807) is 4.57 Å². The molecule has 0 radical (unpaired) electrons. The number of hydrogen-bond acceptors (Lipinski definition) is 4. The van der Waals surface area contributed by atoms with E-state index in [1.165, 1.54) is 16.7 Å². The van der Waals surface area contributed by atoms with E-state index in [4.69, 9.17) is 5.10 Å². The number of thiazole rings is 1. The van der Waals surface area contributed by atoms with Crippen molar-refractivity contribution < 1.29 is 9.36 Å². The van der Waals surface area contributed by atoms with Crippen LogP contribution in [0.25, 0.3) is 28.3 Å². The molecule has 28 heavy (non-hydrogen) atoms. The number of pyridine rings is 1. The highest BCUT2D eigenvalue weighted by Gasteiger charge is 2.25. The number of carbonyl (C=O) groups is 1. The van der Waals surface area contributed by atoms with Crippen LogP contribution in [0.4, 0.5) is 0 Å². The van der Waals surface area contributed by atoms with Crippen LogP contribution in [0.3, 0.4) is 0 Å². The van der Waals surface area contributed by atoms with Crippen molar-refractivity contribution in [3.63, 3.8) is 0 Å². The van der Waals surface area contributed by atoms with Crippen LogP contribution < -0.4 is 9.44 Å². The Morgan fingerprint density at radius 1 is 1.18 bits per heavy atom. The van der Waals surface area contributed by atoms with Gasteiger partial charge in [-0.2, -0.15) is 10.1 Å².